The summed E-state index contributed by atoms with van der Waals surface area (Å²) >= 11 is 0. The van der Waals surface area contributed by atoms with Crippen molar-refractivity contribution in [3.05, 3.63) is 53.2 Å². The van der Waals surface area contributed by atoms with E-state index in [9.17, 15) is 22.8 Å². The third kappa shape index (κ3) is 5.04. The quantitative estimate of drug-likeness (QED) is 0.730. The number of piperidine rings is 1. The molecule has 2 aromatic rings. The zero-order chi connectivity index (χ0) is 23.6. The highest BCUT2D eigenvalue weighted by Gasteiger charge is 2.33. The zero-order valence-corrected chi connectivity index (χ0v) is 18.3. The van der Waals surface area contributed by atoms with Crippen LogP contribution in [0.1, 0.15) is 29.5 Å². The van der Waals surface area contributed by atoms with E-state index in [1.807, 2.05) is 23.1 Å². The van der Waals surface area contributed by atoms with Crippen molar-refractivity contribution in [1.29, 1.82) is 0 Å². The molecule has 10 heteroatoms. The number of urea groups is 1. The topological polar surface area (TPSA) is 77.6 Å². The molecule has 0 saturated carbocycles. The molecule has 176 valence electrons. The van der Waals surface area contributed by atoms with E-state index < -0.39 is 11.7 Å². The fourth-order valence-corrected chi connectivity index (χ4v) is 4.47. The van der Waals surface area contributed by atoms with Crippen molar-refractivity contribution in [1.82, 2.24) is 20.1 Å². The van der Waals surface area contributed by atoms with Crippen LogP contribution < -0.4 is 10.6 Å². The molecule has 3 amide bonds. The smallest absolute Gasteiger partial charge is 0.341 e. The lowest BCUT2D eigenvalue weighted by atomic mass is 9.93. The molecular weight excluding hydrogens is 435 g/mol. The van der Waals surface area contributed by atoms with Gasteiger partial charge < -0.3 is 20.4 Å². The number of rotatable bonds is 3. The van der Waals surface area contributed by atoms with Gasteiger partial charge in [-0.25, -0.2) is 9.78 Å². The Morgan fingerprint density at radius 3 is 2.64 bits per heavy atom. The van der Waals surface area contributed by atoms with Gasteiger partial charge in [0.15, 0.2) is 0 Å². The summed E-state index contributed by atoms with van der Waals surface area (Å²) in [6, 6.07) is 7.81. The molecule has 0 radical (unpaired) electrons. The average molecular weight is 461 g/mol. The van der Waals surface area contributed by atoms with Gasteiger partial charge in [0.05, 0.1) is 11.5 Å². The number of hydrogen-bond donors (Lipinski definition) is 2. The van der Waals surface area contributed by atoms with Crippen LogP contribution in [0.2, 0.25) is 0 Å². The van der Waals surface area contributed by atoms with Crippen LogP contribution in [0.15, 0.2) is 36.5 Å². The van der Waals surface area contributed by atoms with E-state index in [0.717, 1.165) is 41.9 Å². The number of likely N-dealkylation sites (tertiary alicyclic amines) is 1. The van der Waals surface area contributed by atoms with Crippen LogP contribution in [0.4, 0.5) is 29.5 Å². The van der Waals surface area contributed by atoms with E-state index in [4.69, 9.17) is 0 Å². The second-order valence-corrected chi connectivity index (χ2v) is 8.35. The van der Waals surface area contributed by atoms with Crippen LogP contribution in [-0.4, -0.2) is 53.4 Å². The Bertz CT molecular complexity index is 1030. The van der Waals surface area contributed by atoms with Gasteiger partial charge in [0.1, 0.15) is 5.82 Å². The van der Waals surface area contributed by atoms with E-state index in [2.05, 4.69) is 15.6 Å². The van der Waals surface area contributed by atoms with Crippen molar-refractivity contribution < 1.29 is 22.8 Å². The van der Waals surface area contributed by atoms with E-state index in [-0.39, 0.29) is 17.9 Å². The molecule has 0 spiro atoms. The maximum absolute atomic E-state index is 13.2. The lowest BCUT2D eigenvalue weighted by Crippen LogP contribution is -2.49. The van der Waals surface area contributed by atoms with Gasteiger partial charge in [-0.05, 0) is 48.6 Å². The summed E-state index contributed by atoms with van der Waals surface area (Å²) < 4.78 is 38.3. The Morgan fingerprint density at radius 1 is 1.12 bits per heavy atom. The van der Waals surface area contributed by atoms with Crippen molar-refractivity contribution in [2.24, 2.45) is 5.92 Å². The summed E-state index contributed by atoms with van der Waals surface area (Å²) in [7, 11) is 1.58. The van der Waals surface area contributed by atoms with Gasteiger partial charge in [0.25, 0.3) is 0 Å². The lowest BCUT2D eigenvalue weighted by molar-refractivity contribution is -0.138. The van der Waals surface area contributed by atoms with Gasteiger partial charge in [0.2, 0.25) is 5.91 Å². The van der Waals surface area contributed by atoms with Crippen LogP contribution in [-0.2, 0) is 23.9 Å². The minimum absolute atomic E-state index is 0.0528. The Labute approximate surface area is 190 Å². The first-order chi connectivity index (χ1) is 15.8. The van der Waals surface area contributed by atoms with Crippen molar-refractivity contribution in [3.63, 3.8) is 0 Å². The van der Waals surface area contributed by atoms with Crippen LogP contribution in [0, 0.1) is 5.92 Å². The lowest BCUT2D eigenvalue weighted by Gasteiger charge is -2.37. The molecule has 2 aliphatic rings. The van der Waals surface area contributed by atoms with Crippen molar-refractivity contribution in [3.8, 4) is 0 Å². The monoisotopic (exact) mass is 461 g/mol. The number of amides is 3. The first-order valence-electron chi connectivity index (χ1n) is 10.9. The third-order valence-corrected chi connectivity index (χ3v) is 6.20. The molecule has 0 aliphatic carbocycles. The van der Waals surface area contributed by atoms with Gasteiger partial charge in [0, 0.05) is 45.1 Å². The normalized spacial score (nSPS) is 18.5. The fourth-order valence-electron chi connectivity index (χ4n) is 4.47. The predicted octanol–water partition coefficient (Wildman–Crippen LogP) is 3.78. The predicted molar refractivity (Wildman–Crippen MR) is 117 cm³/mol. The number of alkyl halides is 3. The minimum atomic E-state index is -4.43. The second kappa shape index (κ2) is 9.29. The van der Waals surface area contributed by atoms with Gasteiger partial charge in [-0.15, -0.1) is 0 Å². The molecule has 1 unspecified atom stereocenters. The molecule has 2 aliphatic heterocycles. The first-order valence-corrected chi connectivity index (χ1v) is 10.9. The van der Waals surface area contributed by atoms with Crippen molar-refractivity contribution >= 4 is 23.4 Å². The number of fused-ring (bicyclic) bond motifs is 1. The highest BCUT2D eigenvalue weighted by atomic mass is 19.4. The highest BCUT2D eigenvalue weighted by Crippen LogP contribution is 2.32. The number of benzene rings is 1. The van der Waals surface area contributed by atoms with Crippen molar-refractivity contribution in [2.75, 3.05) is 32.0 Å². The SMILES string of the molecule is CNC(=O)N1CCCC(C(=O)N2CCc3c(cccc3Nc3ccc(C(F)(F)F)cn3)C2)C1. The Hall–Kier alpha value is -3.30. The molecular formula is C23H26F3N5O2. The van der Waals surface area contributed by atoms with Crippen LogP contribution >= 0.6 is 0 Å². The number of pyridine rings is 1. The number of aromatic nitrogens is 1. The Balaban J connectivity index is 1.44. The second-order valence-electron chi connectivity index (χ2n) is 8.35. The van der Waals surface area contributed by atoms with Crippen molar-refractivity contribution in [2.45, 2.75) is 32.0 Å². The molecule has 2 N–H and O–H groups in total. The average Bonchev–Trinajstić information content (AvgIpc) is 2.82. The molecule has 4 rings (SSSR count). The number of carbonyl (C=O) groups excluding carboxylic acids is 2. The molecule has 0 bridgehead atoms. The Morgan fingerprint density at radius 2 is 1.94 bits per heavy atom. The van der Waals surface area contributed by atoms with Crippen LogP contribution in [0.25, 0.3) is 0 Å². The van der Waals surface area contributed by atoms with E-state index in [0.29, 0.717) is 38.4 Å². The minimum Gasteiger partial charge on any atom is -0.341 e. The van der Waals surface area contributed by atoms with E-state index in [1.54, 1.807) is 11.9 Å². The summed E-state index contributed by atoms with van der Waals surface area (Å²) in [5.41, 5.74) is 2.00. The van der Waals surface area contributed by atoms with Crippen LogP contribution in [0.5, 0.6) is 0 Å². The van der Waals surface area contributed by atoms with Crippen LogP contribution in [0.3, 0.4) is 0 Å². The summed E-state index contributed by atoms with van der Waals surface area (Å²) in [6.45, 7) is 2.07. The summed E-state index contributed by atoms with van der Waals surface area (Å²) in [6.07, 6.45) is -1.44. The highest BCUT2D eigenvalue weighted by molar-refractivity contribution is 5.81. The molecule has 1 aromatic carbocycles. The number of carbonyl (C=O) groups is 2. The molecule has 7 nitrogen and oxygen atoms in total. The molecule has 1 saturated heterocycles. The molecule has 1 fully saturated rings. The maximum atomic E-state index is 13.2. The third-order valence-electron chi connectivity index (χ3n) is 6.20. The van der Waals surface area contributed by atoms with Gasteiger partial charge in [-0.2, -0.15) is 13.2 Å². The first kappa shape index (κ1) is 22.9. The van der Waals surface area contributed by atoms with E-state index >= 15 is 0 Å². The van der Waals surface area contributed by atoms with Gasteiger partial charge >= 0.3 is 12.2 Å². The molecule has 1 atom stereocenters. The number of nitrogens with one attached hydrogen (secondary N) is 2. The zero-order valence-electron chi connectivity index (χ0n) is 18.3. The molecule has 33 heavy (non-hydrogen) atoms. The van der Waals surface area contributed by atoms with Gasteiger partial charge in [-0.1, -0.05) is 12.1 Å². The van der Waals surface area contributed by atoms with Gasteiger partial charge in [-0.3, -0.25) is 4.79 Å². The number of halogens is 3. The Kier molecular flexibility index (Phi) is 6.44. The number of nitrogens with zero attached hydrogens (tertiary/aromatic N) is 3. The summed E-state index contributed by atoms with van der Waals surface area (Å²) in [5.74, 6) is 0.165. The summed E-state index contributed by atoms with van der Waals surface area (Å²) in [4.78, 5) is 32.5. The summed E-state index contributed by atoms with van der Waals surface area (Å²) in [5, 5.41) is 5.73. The molecule has 1 aromatic heterocycles. The standard InChI is InChI=1S/C23H26F3N5O2/c1-27-22(33)31-10-3-5-16(14-31)21(32)30-11-9-18-15(13-30)4-2-6-19(18)29-20-8-7-17(12-28-20)23(24,25)26/h2,4,6-8,12,16H,3,5,9-11,13-14H2,1H3,(H,27,33)(H,28,29). The fraction of sp³-hybridized carbons (Fsp3) is 0.435. The maximum Gasteiger partial charge on any atom is 0.417 e. The number of anilines is 2. The molecule has 3 heterocycles. The van der Waals surface area contributed by atoms with E-state index in [1.165, 1.54) is 6.07 Å². The largest absolute Gasteiger partial charge is 0.417 e. The number of hydrogen-bond acceptors (Lipinski definition) is 4.